The van der Waals surface area contributed by atoms with Gasteiger partial charge in [-0.1, -0.05) is 6.07 Å². The number of halogens is 1. The molecule has 10 heteroatoms. The second-order valence-corrected chi connectivity index (χ2v) is 7.39. The molecule has 31 heavy (non-hydrogen) atoms. The summed E-state index contributed by atoms with van der Waals surface area (Å²) in [6.07, 6.45) is 8.07. The number of nitrogens with zero attached hydrogens (tertiary/aromatic N) is 5. The molecule has 3 rings (SSSR count). The standard InChI is InChI=1S/C21H32N8O.HI/c1-2-23-21(25-10-4-12-29-13-5-11-27-29)26-16-18-6-3-9-24-20(18)28-14-7-17(8-15-28)19(22)30;/h3,5-6,9,11,13,17H,2,4,7-8,10,12,14-16H2,1H3,(H2,22,30)(H2,23,25,26);1H. The molecule has 3 heterocycles. The SMILES string of the molecule is CCNC(=NCc1cccnc1N1CCC(C(N)=O)CC1)NCCCn1cccn1.I. The van der Waals surface area contributed by atoms with Crippen molar-refractivity contribution in [1.29, 1.82) is 0 Å². The van der Waals surface area contributed by atoms with Crippen molar-refractivity contribution < 1.29 is 4.79 Å². The molecule has 1 aliphatic rings. The van der Waals surface area contributed by atoms with Crippen LogP contribution >= 0.6 is 24.0 Å². The van der Waals surface area contributed by atoms with Crippen LogP contribution in [0.2, 0.25) is 0 Å². The van der Waals surface area contributed by atoms with E-state index in [1.165, 1.54) is 0 Å². The monoisotopic (exact) mass is 540 g/mol. The van der Waals surface area contributed by atoms with E-state index in [-0.39, 0.29) is 35.8 Å². The Morgan fingerprint density at radius 1 is 1.26 bits per heavy atom. The van der Waals surface area contributed by atoms with E-state index in [1.54, 1.807) is 6.20 Å². The minimum Gasteiger partial charge on any atom is -0.369 e. The van der Waals surface area contributed by atoms with Crippen LogP contribution in [0.5, 0.6) is 0 Å². The van der Waals surface area contributed by atoms with E-state index in [0.29, 0.717) is 6.54 Å². The number of guanidine groups is 1. The van der Waals surface area contributed by atoms with Crippen LogP contribution in [0, 0.1) is 5.92 Å². The fraction of sp³-hybridized carbons (Fsp3) is 0.524. The fourth-order valence-corrected chi connectivity index (χ4v) is 3.60. The van der Waals surface area contributed by atoms with Gasteiger partial charge in [-0.15, -0.1) is 24.0 Å². The van der Waals surface area contributed by atoms with Crippen molar-refractivity contribution in [2.75, 3.05) is 31.1 Å². The molecule has 1 aliphatic heterocycles. The molecule has 1 saturated heterocycles. The Labute approximate surface area is 200 Å². The predicted molar refractivity (Wildman–Crippen MR) is 133 cm³/mol. The summed E-state index contributed by atoms with van der Waals surface area (Å²) in [5, 5.41) is 10.9. The molecular formula is C21H33IN8O. The van der Waals surface area contributed by atoms with Gasteiger partial charge in [0.1, 0.15) is 5.82 Å². The van der Waals surface area contributed by atoms with Gasteiger partial charge in [-0.25, -0.2) is 9.98 Å². The topological polar surface area (TPSA) is 113 Å². The highest BCUT2D eigenvalue weighted by Gasteiger charge is 2.24. The number of nitrogens with one attached hydrogen (secondary N) is 2. The number of anilines is 1. The molecule has 2 aromatic rings. The zero-order chi connectivity index (χ0) is 21.2. The molecule has 4 N–H and O–H groups in total. The third kappa shape index (κ3) is 7.67. The molecule has 0 aromatic carbocycles. The van der Waals surface area contributed by atoms with Crippen molar-refractivity contribution in [3.63, 3.8) is 0 Å². The lowest BCUT2D eigenvalue weighted by Crippen LogP contribution is -2.39. The summed E-state index contributed by atoms with van der Waals surface area (Å²) < 4.78 is 1.93. The Kier molecular flexibility index (Phi) is 10.5. The lowest BCUT2D eigenvalue weighted by Gasteiger charge is -2.32. The van der Waals surface area contributed by atoms with Crippen molar-refractivity contribution in [2.24, 2.45) is 16.6 Å². The lowest BCUT2D eigenvalue weighted by atomic mass is 9.96. The van der Waals surface area contributed by atoms with Crippen molar-refractivity contribution in [3.05, 3.63) is 42.4 Å². The zero-order valence-corrected chi connectivity index (χ0v) is 20.4. The number of carbonyl (C=O) groups excluding carboxylic acids is 1. The maximum Gasteiger partial charge on any atom is 0.220 e. The summed E-state index contributed by atoms with van der Waals surface area (Å²) in [6, 6.07) is 5.93. The Morgan fingerprint density at radius 3 is 2.74 bits per heavy atom. The van der Waals surface area contributed by atoms with Crippen LogP contribution in [0.4, 0.5) is 5.82 Å². The van der Waals surface area contributed by atoms with E-state index in [2.05, 4.69) is 38.6 Å². The first-order chi connectivity index (χ1) is 14.7. The molecule has 170 valence electrons. The summed E-state index contributed by atoms with van der Waals surface area (Å²) in [5.41, 5.74) is 6.53. The number of piperidine rings is 1. The van der Waals surface area contributed by atoms with Crippen LogP contribution in [0.15, 0.2) is 41.8 Å². The molecule has 0 atom stereocenters. The molecule has 0 spiro atoms. The van der Waals surface area contributed by atoms with Crippen LogP contribution in [-0.4, -0.2) is 52.8 Å². The number of hydrogen-bond acceptors (Lipinski definition) is 5. The van der Waals surface area contributed by atoms with Gasteiger partial charge in [0.05, 0.1) is 6.54 Å². The lowest BCUT2D eigenvalue weighted by molar-refractivity contribution is -0.122. The van der Waals surface area contributed by atoms with Gasteiger partial charge in [0.25, 0.3) is 0 Å². The molecule has 0 unspecified atom stereocenters. The Morgan fingerprint density at radius 2 is 2.06 bits per heavy atom. The minimum absolute atomic E-state index is 0. The summed E-state index contributed by atoms with van der Waals surface area (Å²) in [5.74, 6) is 1.51. The number of primary amides is 1. The van der Waals surface area contributed by atoms with Crippen LogP contribution in [-0.2, 0) is 17.9 Å². The molecule has 1 amide bonds. The summed E-state index contributed by atoms with van der Waals surface area (Å²) in [6.45, 7) is 6.64. The molecule has 2 aromatic heterocycles. The number of hydrogen-bond donors (Lipinski definition) is 3. The number of amides is 1. The smallest absolute Gasteiger partial charge is 0.220 e. The van der Waals surface area contributed by atoms with Crippen molar-refractivity contribution in [1.82, 2.24) is 25.4 Å². The van der Waals surface area contributed by atoms with Gasteiger partial charge < -0.3 is 21.3 Å². The van der Waals surface area contributed by atoms with Crippen molar-refractivity contribution in [3.8, 4) is 0 Å². The number of aliphatic imine (C=N–C) groups is 1. The number of carbonyl (C=O) groups is 1. The second kappa shape index (κ2) is 13.1. The molecule has 1 fully saturated rings. The average molecular weight is 540 g/mol. The van der Waals surface area contributed by atoms with Crippen molar-refractivity contribution >= 4 is 41.7 Å². The van der Waals surface area contributed by atoms with Crippen LogP contribution in [0.1, 0.15) is 31.7 Å². The highest BCUT2D eigenvalue weighted by atomic mass is 127. The highest BCUT2D eigenvalue weighted by molar-refractivity contribution is 14.0. The zero-order valence-electron chi connectivity index (χ0n) is 18.0. The van der Waals surface area contributed by atoms with Gasteiger partial charge in [0, 0.05) is 62.8 Å². The predicted octanol–water partition coefficient (Wildman–Crippen LogP) is 1.74. The third-order valence-electron chi connectivity index (χ3n) is 5.23. The van der Waals surface area contributed by atoms with Crippen LogP contribution < -0.4 is 21.3 Å². The number of nitrogens with two attached hydrogens (primary N) is 1. The first kappa shape index (κ1) is 24.9. The summed E-state index contributed by atoms with van der Waals surface area (Å²) in [4.78, 5) is 23.0. The highest BCUT2D eigenvalue weighted by Crippen LogP contribution is 2.24. The first-order valence-electron chi connectivity index (χ1n) is 10.6. The van der Waals surface area contributed by atoms with E-state index in [0.717, 1.165) is 69.3 Å². The van der Waals surface area contributed by atoms with E-state index >= 15 is 0 Å². The average Bonchev–Trinajstić information content (AvgIpc) is 3.29. The maximum absolute atomic E-state index is 11.4. The quantitative estimate of drug-likeness (QED) is 0.193. The van der Waals surface area contributed by atoms with Crippen molar-refractivity contribution in [2.45, 2.75) is 39.3 Å². The van der Waals surface area contributed by atoms with E-state index in [1.807, 2.05) is 29.2 Å². The van der Waals surface area contributed by atoms with Gasteiger partial charge in [0.15, 0.2) is 5.96 Å². The Bertz CT molecular complexity index is 819. The third-order valence-corrected chi connectivity index (χ3v) is 5.23. The summed E-state index contributed by atoms with van der Waals surface area (Å²) >= 11 is 0. The second-order valence-electron chi connectivity index (χ2n) is 7.39. The first-order valence-corrected chi connectivity index (χ1v) is 10.6. The van der Waals surface area contributed by atoms with Gasteiger partial charge in [0.2, 0.25) is 5.91 Å². The van der Waals surface area contributed by atoms with Gasteiger partial charge in [-0.2, -0.15) is 5.10 Å². The molecule has 0 bridgehead atoms. The van der Waals surface area contributed by atoms with Crippen LogP contribution in [0.25, 0.3) is 0 Å². The number of aryl methyl sites for hydroxylation is 1. The van der Waals surface area contributed by atoms with E-state index in [4.69, 9.17) is 10.7 Å². The molecule has 0 radical (unpaired) electrons. The van der Waals surface area contributed by atoms with Crippen LogP contribution in [0.3, 0.4) is 0 Å². The number of aromatic nitrogens is 3. The molecule has 9 nitrogen and oxygen atoms in total. The largest absolute Gasteiger partial charge is 0.369 e. The Balaban J connectivity index is 0.00000341. The van der Waals surface area contributed by atoms with Gasteiger partial charge in [-0.05, 0) is 38.3 Å². The Hall–Kier alpha value is -2.37. The van der Waals surface area contributed by atoms with E-state index in [9.17, 15) is 4.79 Å². The molecular weight excluding hydrogens is 507 g/mol. The molecule has 0 aliphatic carbocycles. The number of rotatable bonds is 9. The fourth-order valence-electron chi connectivity index (χ4n) is 3.60. The van der Waals surface area contributed by atoms with Gasteiger partial charge >= 0.3 is 0 Å². The summed E-state index contributed by atoms with van der Waals surface area (Å²) in [7, 11) is 0. The van der Waals surface area contributed by atoms with Gasteiger partial charge in [-0.3, -0.25) is 9.48 Å². The minimum atomic E-state index is -0.200. The number of pyridine rings is 1. The maximum atomic E-state index is 11.4. The normalized spacial score (nSPS) is 14.7. The molecule has 0 saturated carbocycles. The van der Waals surface area contributed by atoms with E-state index < -0.39 is 0 Å².